The van der Waals surface area contributed by atoms with Crippen LogP contribution in [0.25, 0.3) is 11.3 Å². The molecule has 0 unspecified atom stereocenters. The fourth-order valence-electron chi connectivity index (χ4n) is 2.30. The van der Waals surface area contributed by atoms with Crippen molar-refractivity contribution in [3.05, 3.63) is 47.2 Å². The van der Waals surface area contributed by atoms with Gasteiger partial charge in [0.1, 0.15) is 0 Å². The van der Waals surface area contributed by atoms with Crippen molar-refractivity contribution in [1.29, 1.82) is 0 Å². The van der Waals surface area contributed by atoms with Crippen LogP contribution in [0.4, 0.5) is 0 Å². The molecule has 0 spiro atoms. The van der Waals surface area contributed by atoms with Gasteiger partial charge in [-0.3, -0.25) is 0 Å². The molecule has 0 atom stereocenters. The molecule has 0 bridgehead atoms. The van der Waals surface area contributed by atoms with E-state index < -0.39 is 0 Å². The average molecular weight is 183 g/mol. The summed E-state index contributed by atoms with van der Waals surface area (Å²) in [5.41, 5.74) is 7.02. The van der Waals surface area contributed by atoms with E-state index in [2.05, 4.69) is 36.2 Å². The number of rotatable bonds is 0. The lowest BCUT2D eigenvalue weighted by Gasteiger charge is -2.16. The summed E-state index contributed by atoms with van der Waals surface area (Å²) in [6.45, 7) is 2.16. The van der Waals surface area contributed by atoms with E-state index in [1.165, 1.54) is 40.8 Å². The highest BCUT2D eigenvalue weighted by molar-refractivity contribution is 5.70. The molecule has 1 aromatic carbocycles. The molecule has 2 aromatic rings. The molecule has 1 heterocycles. The Morgan fingerprint density at radius 3 is 2.86 bits per heavy atom. The lowest BCUT2D eigenvalue weighted by Crippen LogP contribution is -2.02. The lowest BCUT2D eigenvalue weighted by molar-refractivity contribution is 0.939. The van der Waals surface area contributed by atoms with Crippen LogP contribution < -0.4 is 0 Å². The van der Waals surface area contributed by atoms with Gasteiger partial charge in [0, 0.05) is 17.5 Å². The number of aryl methyl sites for hydroxylation is 3. The minimum Gasteiger partial charge on any atom is -0.361 e. The standard InChI is InChI=1S/C13H13N/c1-9-2-5-12-11(8-9)4-3-10-6-7-14-13(10)12/h2,5-8,14H,3-4H2,1H3. The van der Waals surface area contributed by atoms with Crippen molar-refractivity contribution in [3.63, 3.8) is 0 Å². The molecule has 70 valence electrons. The number of H-pyrrole nitrogens is 1. The predicted molar refractivity (Wildman–Crippen MR) is 58.4 cm³/mol. The third kappa shape index (κ3) is 1.02. The van der Waals surface area contributed by atoms with Gasteiger partial charge in [0.2, 0.25) is 0 Å². The first-order chi connectivity index (χ1) is 6.84. The van der Waals surface area contributed by atoms with Crippen molar-refractivity contribution in [2.24, 2.45) is 0 Å². The minimum atomic E-state index is 1.18. The summed E-state index contributed by atoms with van der Waals surface area (Å²) >= 11 is 0. The predicted octanol–water partition coefficient (Wildman–Crippen LogP) is 3.09. The first-order valence-electron chi connectivity index (χ1n) is 5.11. The largest absolute Gasteiger partial charge is 0.361 e. The van der Waals surface area contributed by atoms with Gasteiger partial charge < -0.3 is 4.98 Å². The maximum absolute atomic E-state index is 3.33. The van der Waals surface area contributed by atoms with E-state index >= 15 is 0 Å². The summed E-state index contributed by atoms with van der Waals surface area (Å²) in [5.74, 6) is 0. The van der Waals surface area contributed by atoms with Crippen molar-refractivity contribution in [1.82, 2.24) is 4.98 Å². The molecule has 3 rings (SSSR count). The number of nitrogens with one attached hydrogen (secondary N) is 1. The third-order valence-electron chi connectivity index (χ3n) is 3.03. The minimum absolute atomic E-state index is 1.18. The Labute approximate surface area is 83.8 Å². The van der Waals surface area contributed by atoms with E-state index in [4.69, 9.17) is 0 Å². The van der Waals surface area contributed by atoms with Gasteiger partial charge in [0.05, 0.1) is 0 Å². The van der Waals surface area contributed by atoms with Gasteiger partial charge in [0.15, 0.2) is 0 Å². The van der Waals surface area contributed by atoms with Crippen molar-refractivity contribution in [3.8, 4) is 11.3 Å². The van der Waals surface area contributed by atoms with Gasteiger partial charge >= 0.3 is 0 Å². The highest BCUT2D eigenvalue weighted by atomic mass is 14.7. The highest BCUT2D eigenvalue weighted by Gasteiger charge is 2.15. The van der Waals surface area contributed by atoms with Crippen LogP contribution in [0.1, 0.15) is 16.7 Å². The molecule has 1 N–H and O–H groups in total. The number of aromatic nitrogens is 1. The normalized spacial score (nSPS) is 13.5. The van der Waals surface area contributed by atoms with Gasteiger partial charge in [-0.05, 0) is 37.0 Å². The SMILES string of the molecule is Cc1ccc2c(c1)CCc1cc[nH]c1-2. The number of hydrogen-bond donors (Lipinski definition) is 1. The van der Waals surface area contributed by atoms with Crippen molar-refractivity contribution in [2.45, 2.75) is 19.8 Å². The quantitative estimate of drug-likeness (QED) is 0.646. The molecule has 1 nitrogen and oxygen atoms in total. The van der Waals surface area contributed by atoms with Gasteiger partial charge in [-0.25, -0.2) is 0 Å². The van der Waals surface area contributed by atoms with E-state index in [1.807, 2.05) is 6.20 Å². The summed E-state index contributed by atoms with van der Waals surface area (Å²) in [4.78, 5) is 3.33. The van der Waals surface area contributed by atoms with Gasteiger partial charge in [-0.15, -0.1) is 0 Å². The zero-order chi connectivity index (χ0) is 9.54. The lowest BCUT2D eigenvalue weighted by atomic mass is 9.89. The number of hydrogen-bond acceptors (Lipinski definition) is 0. The summed E-state index contributed by atoms with van der Waals surface area (Å²) in [6, 6.07) is 8.92. The van der Waals surface area contributed by atoms with Crippen LogP contribution in [0.5, 0.6) is 0 Å². The fourth-order valence-corrected chi connectivity index (χ4v) is 2.30. The molecule has 0 amide bonds. The van der Waals surface area contributed by atoms with E-state index in [9.17, 15) is 0 Å². The van der Waals surface area contributed by atoms with Crippen LogP contribution in [0.2, 0.25) is 0 Å². The summed E-state index contributed by atoms with van der Waals surface area (Å²) in [5, 5.41) is 0. The van der Waals surface area contributed by atoms with E-state index in [1.54, 1.807) is 0 Å². The fraction of sp³-hybridized carbons (Fsp3) is 0.231. The van der Waals surface area contributed by atoms with Gasteiger partial charge in [0.25, 0.3) is 0 Å². The van der Waals surface area contributed by atoms with Gasteiger partial charge in [-0.1, -0.05) is 23.8 Å². The topological polar surface area (TPSA) is 15.8 Å². The Balaban J connectivity index is 2.26. The molecular weight excluding hydrogens is 170 g/mol. The van der Waals surface area contributed by atoms with Crippen molar-refractivity contribution in [2.75, 3.05) is 0 Å². The molecule has 1 aromatic heterocycles. The molecule has 0 aliphatic heterocycles. The second-order valence-electron chi connectivity index (χ2n) is 4.04. The first kappa shape index (κ1) is 7.86. The number of benzene rings is 1. The second kappa shape index (κ2) is 2.74. The Bertz CT molecular complexity index is 480. The molecule has 1 heteroatoms. The highest BCUT2D eigenvalue weighted by Crippen LogP contribution is 2.32. The van der Waals surface area contributed by atoms with Crippen LogP contribution in [-0.4, -0.2) is 4.98 Å². The average Bonchev–Trinajstić information content (AvgIpc) is 2.65. The van der Waals surface area contributed by atoms with Crippen LogP contribution in [0.15, 0.2) is 30.5 Å². The summed E-state index contributed by atoms with van der Waals surface area (Å²) in [7, 11) is 0. The Kier molecular flexibility index (Phi) is 1.54. The number of fused-ring (bicyclic) bond motifs is 3. The Hall–Kier alpha value is -1.50. The van der Waals surface area contributed by atoms with Gasteiger partial charge in [-0.2, -0.15) is 0 Å². The molecule has 0 saturated carbocycles. The van der Waals surface area contributed by atoms with Crippen LogP contribution >= 0.6 is 0 Å². The molecule has 0 radical (unpaired) electrons. The summed E-state index contributed by atoms with van der Waals surface area (Å²) < 4.78 is 0. The monoisotopic (exact) mass is 183 g/mol. The smallest absolute Gasteiger partial charge is 0.0489 e. The molecule has 14 heavy (non-hydrogen) atoms. The van der Waals surface area contributed by atoms with Crippen molar-refractivity contribution >= 4 is 0 Å². The molecule has 1 aliphatic rings. The van der Waals surface area contributed by atoms with Crippen LogP contribution in [-0.2, 0) is 12.8 Å². The van der Waals surface area contributed by atoms with E-state index in [-0.39, 0.29) is 0 Å². The van der Waals surface area contributed by atoms with Crippen molar-refractivity contribution < 1.29 is 0 Å². The first-order valence-corrected chi connectivity index (χ1v) is 5.11. The van der Waals surface area contributed by atoms with E-state index in [0.29, 0.717) is 0 Å². The van der Waals surface area contributed by atoms with Crippen LogP contribution in [0.3, 0.4) is 0 Å². The molecular formula is C13H13N. The Morgan fingerprint density at radius 1 is 1.07 bits per heavy atom. The Morgan fingerprint density at radius 2 is 1.93 bits per heavy atom. The maximum atomic E-state index is 3.33. The molecule has 0 saturated heterocycles. The zero-order valence-electron chi connectivity index (χ0n) is 8.30. The molecule has 0 fully saturated rings. The molecule has 1 aliphatic carbocycles. The number of aromatic amines is 1. The van der Waals surface area contributed by atoms with E-state index in [0.717, 1.165) is 0 Å². The van der Waals surface area contributed by atoms with Crippen LogP contribution in [0, 0.1) is 6.92 Å². The third-order valence-corrected chi connectivity index (χ3v) is 3.03. The summed E-state index contributed by atoms with van der Waals surface area (Å²) in [6.07, 6.45) is 4.40. The zero-order valence-corrected chi connectivity index (χ0v) is 8.30. The second-order valence-corrected chi connectivity index (χ2v) is 4.04. The maximum Gasteiger partial charge on any atom is 0.0489 e.